The number of carbonyl (C=O) groups is 1. The number of hydrazone groups is 1. The molecule has 0 bridgehead atoms. The summed E-state index contributed by atoms with van der Waals surface area (Å²) in [4.78, 5) is 12.2. The molecule has 3 aromatic carbocycles. The Morgan fingerprint density at radius 1 is 0.906 bits per heavy atom. The van der Waals surface area contributed by atoms with Crippen LogP contribution in [0, 0.1) is 0 Å². The number of nitrogens with zero attached hydrogens (tertiary/aromatic N) is 4. The van der Waals surface area contributed by atoms with Crippen LogP contribution in [0.25, 0.3) is 22.5 Å². The van der Waals surface area contributed by atoms with Crippen LogP contribution in [0.5, 0.6) is 0 Å². The van der Waals surface area contributed by atoms with Crippen molar-refractivity contribution in [1.82, 2.24) is 20.2 Å². The van der Waals surface area contributed by atoms with Gasteiger partial charge in [-0.1, -0.05) is 96.7 Å². The topological polar surface area (TPSA) is 72.2 Å². The standard InChI is InChI=1S/C25H23N5OS/c1-2-30-24(22-11-7-4-8-12-22)28-29-25(30)32-18-23(31)27-26-17-19-13-15-21(16-14-19)20-9-5-3-6-10-20/h3-17H,2,18H2,1H3,(H,27,31). The molecule has 0 saturated heterocycles. The van der Waals surface area contributed by atoms with Crippen LogP contribution in [0.2, 0.25) is 0 Å². The van der Waals surface area contributed by atoms with E-state index in [0.717, 1.165) is 34.6 Å². The molecule has 0 radical (unpaired) electrons. The van der Waals surface area contributed by atoms with E-state index in [9.17, 15) is 4.79 Å². The SMILES string of the molecule is CCn1c(SCC(=O)NN=Cc2ccc(-c3ccccc3)cc2)nnc1-c1ccccc1. The molecule has 4 rings (SSSR count). The predicted octanol–water partition coefficient (Wildman–Crippen LogP) is 4.87. The molecule has 0 aliphatic rings. The van der Waals surface area contributed by atoms with Gasteiger partial charge in [-0.15, -0.1) is 10.2 Å². The second-order valence-electron chi connectivity index (χ2n) is 6.99. The van der Waals surface area contributed by atoms with Crippen molar-refractivity contribution in [3.8, 4) is 22.5 Å². The number of nitrogens with one attached hydrogen (secondary N) is 1. The van der Waals surface area contributed by atoms with E-state index >= 15 is 0 Å². The Bertz CT molecular complexity index is 1190. The maximum atomic E-state index is 12.2. The summed E-state index contributed by atoms with van der Waals surface area (Å²) in [5, 5.41) is 13.3. The lowest BCUT2D eigenvalue weighted by Gasteiger charge is -2.06. The minimum Gasteiger partial charge on any atom is -0.302 e. The van der Waals surface area contributed by atoms with Crippen LogP contribution in [-0.4, -0.2) is 32.6 Å². The Labute approximate surface area is 191 Å². The van der Waals surface area contributed by atoms with Gasteiger partial charge in [-0.25, -0.2) is 5.43 Å². The van der Waals surface area contributed by atoms with Gasteiger partial charge in [-0.3, -0.25) is 4.79 Å². The van der Waals surface area contributed by atoms with Gasteiger partial charge in [0.1, 0.15) is 0 Å². The molecule has 0 spiro atoms. The lowest BCUT2D eigenvalue weighted by molar-refractivity contribution is -0.118. The van der Waals surface area contributed by atoms with Crippen molar-refractivity contribution < 1.29 is 4.79 Å². The van der Waals surface area contributed by atoms with Crippen LogP contribution in [0.3, 0.4) is 0 Å². The molecule has 1 heterocycles. The highest BCUT2D eigenvalue weighted by Crippen LogP contribution is 2.23. The minimum absolute atomic E-state index is 0.195. The summed E-state index contributed by atoms with van der Waals surface area (Å²) in [6, 6.07) is 28.1. The fraction of sp³-hybridized carbons (Fsp3) is 0.120. The molecular weight excluding hydrogens is 418 g/mol. The number of hydrogen-bond acceptors (Lipinski definition) is 5. The molecule has 0 atom stereocenters. The van der Waals surface area contributed by atoms with Crippen LogP contribution in [0.1, 0.15) is 12.5 Å². The molecular formula is C25H23N5OS. The summed E-state index contributed by atoms with van der Waals surface area (Å²) in [7, 11) is 0. The lowest BCUT2D eigenvalue weighted by Crippen LogP contribution is -2.20. The first kappa shape index (κ1) is 21.5. The average molecular weight is 442 g/mol. The zero-order valence-corrected chi connectivity index (χ0v) is 18.5. The highest BCUT2D eigenvalue weighted by atomic mass is 32.2. The molecule has 0 unspecified atom stereocenters. The molecule has 0 aliphatic heterocycles. The third kappa shape index (κ3) is 5.31. The summed E-state index contributed by atoms with van der Waals surface area (Å²) in [6.45, 7) is 2.76. The van der Waals surface area contributed by atoms with Crippen LogP contribution in [0.4, 0.5) is 0 Å². The highest BCUT2D eigenvalue weighted by molar-refractivity contribution is 7.99. The Balaban J connectivity index is 1.31. The lowest BCUT2D eigenvalue weighted by atomic mass is 10.0. The number of thioether (sulfide) groups is 1. The van der Waals surface area contributed by atoms with Crippen molar-refractivity contribution in [2.24, 2.45) is 5.10 Å². The molecule has 0 fully saturated rings. The molecule has 7 heteroatoms. The quantitative estimate of drug-likeness (QED) is 0.240. The number of hydrogen-bond donors (Lipinski definition) is 1. The fourth-order valence-corrected chi connectivity index (χ4v) is 4.01. The summed E-state index contributed by atoms with van der Waals surface area (Å²) in [6.07, 6.45) is 1.64. The van der Waals surface area contributed by atoms with Gasteiger partial charge in [0.2, 0.25) is 0 Å². The molecule has 160 valence electrons. The van der Waals surface area contributed by atoms with Gasteiger partial charge in [-0.05, 0) is 23.6 Å². The van der Waals surface area contributed by atoms with Gasteiger partial charge in [-0.2, -0.15) is 5.10 Å². The van der Waals surface area contributed by atoms with E-state index in [1.165, 1.54) is 11.8 Å². The van der Waals surface area contributed by atoms with Gasteiger partial charge in [0, 0.05) is 12.1 Å². The van der Waals surface area contributed by atoms with Crippen LogP contribution < -0.4 is 5.43 Å². The molecule has 32 heavy (non-hydrogen) atoms. The first-order chi connectivity index (χ1) is 15.7. The van der Waals surface area contributed by atoms with Gasteiger partial charge in [0.25, 0.3) is 5.91 Å². The number of carbonyl (C=O) groups excluding carboxylic acids is 1. The zero-order chi connectivity index (χ0) is 22.2. The highest BCUT2D eigenvalue weighted by Gasteiger charge is 2.14. The van der Waals surface area contributed by atoms with Crippen molar-refractivity contribution >= 4 is 23.9 Å². The second kappa shape index (κ2) is 10.5. The molecule has 1 N–H and O–H groups in total. The summed E-state index contributed by atoms with van der Waals surface area (Å²) in [5.74, 6) is 0.809. The minimum atomic E-state index is -0.195. The summed E-state index contributed by atoms with van der Waals surface area (Å²) < 4.78 is 2.00. The van der Waals surface area contributed by atoms with Crippen molar-refractivity contribution in [3.63, 3.8) is 0 Å². The molecule has 1 amide bonds. The number of amides is 1. The zero-order valence-electron chi connectivity index (χ0n) is 17.7. The summed E-state index contributed by atoms with van der Waals surface area (Å²) >= 11 is 1.34. The van der Waals surface area contributed by atoms with E-state index in [-0.39, 0.29) is 11.7 Å². The van der Waals surface area contributed by atoms with E-state index in [1.54, 1.807) is 6.21 Å². The van der Waals surface area contributed by atoms with E-state index in [4.69, 9.17) is 0 Å². The van der Waals surface area contributed by atoms with E-state index in [2.05, 4.69) is 32.9 Å². The van der Waals surface area contributed by atoms with Crippen LogP contribution in [-0.2, 0) is 11.3 Å². The monoisotopic (exact) mass is 441 g/mol. The van der Waals surface area contributed by atoms with Gasteiger partial charge >= 0.3 is 0 Å². The number of aromatic nitrogens is 3. The van der Waals surface area contributed by atoms with E-state index < -0.39 is 0 Å². The van der Waals surface area contributed by atoms with E-state index in [0.29, 0.717) is 5.16 Å². The van der Waals surface area contributed by atoms with Gasteiger partial charge in [0.15, 0.2) is 11.0 Å². The van der Waals surface area contributed by atoms with Crippen molar-refractivity contribution in [1.29, 1.82) is 0 Å². The molecule has 4 aromatic rings. The average Bonchev–Trinajstić information content (AvgIpc) is 3.27. The van der Waals surface area contributed by atoms with Gasteiger partial charge in [0.05, 0.1) is 12.0 Å². The maximum absolute atomic E-state index is 12.2. The fourth-order valence-electron chi connectivity index (χ4n) is 3.21. The Hall–Kier alpha value is -3.71. The first-order valence-corrected chi connectivity index (χ1v) is 11.3. The second-order valence-corrected chi connectivity index (χ2v) is 7.93. The smallest absolute Gasteiger partial charge is 0.250 e. The normalized spacial score (nSPS) is 11.0. The maximum Gasteiger partial charge on any atom is 0.250 e. The van der Waals surface area contributed by atoms with Gasteiger partial charge < -0.3 is 4.57 Å². The largest absolute Gasteiger partial charge is 0.302 e. The number of benzene rings is 3. The summed E-state index contributed by atoms with van der Waals surface area (Å²) in [5.41, 5.74) is 6.79. The first-order valence-electron chi connectivity index (χ1n) is 10.3. The van der Waals surface area contributed by atoms with Crippen molar-refractivity contribution in [2.45, 2.75) is 18.6 Å². The molecule has 0 saturated carbocycles. The van der Waals surface area contributed by atoms with Crippen molar-refractivity contribution in [3.05, 3.63) is 90.5 Å². The van der Waals surface area contributed by atoms with Crippen LogP contribution >= 0.6 is 11.8 Å². The molecule has 6 nitrogen and oxygen atoms in total. The third-order valence-corrected chi connectivity index (χ3v) is 5.78. The Morgan fingerprint density at radius 3 is 2.19 bits per heavy atom. The number of rotatable bonds is 8. The Kier molecular flexibility index (Phi) is 7.09. The Morgan fingerprint density at radius 2 is 1.53 bits per heavy atom. The predicted molar refractivity (Wildman–Crippen MR) is 129 cm³/mol. The van der Waals surface area contributed by atoms with E-state index in [1.807, 2.05) is 84.3 Å². The van der Waals surface area contributed by atoms with Crippen molar-refractivity contribution in [2.75, 3.05) is 5.75 Å². The molecule has 1 aromatic heterocycles. The third-order valence-electron chi connectivity index (χ3n) is 4.82. The van der Waals surface area contributed by atoms with Crippen LogP contribution in [0.15, 0.2) is 95.2 Å². The molecule has 0 aliphatic carbocycles.